The number of nitrogens with zero attached hydrogens (tertiary/aromatic N) is 1. The van der Waals surface area contributed by atoms with E-state index in [1.807, 2.05) is 30.3 Å². The highest BCUT2D eigenvalue weighted by Gasteiger charge is 2.25. The number of nitrogens with one attached hydrogen (secondary N) is 1. The molecule has 0 bridgehead atoms. The van der Waals surface area contributed by atoms with Crippen LogP contribution in [0.3, 0.4) is 0 Å². The highest BCUT2D eigenvalue weighted by molar-refractivity contribution is 7.89. The molecule has 1 aromatic heterocycles. The minimum Gasteiger partial charge on any atom is -0.467 e. The first-order valence-electron chi connectivity index (χ1n) is 10.0. The Labute approximate surface area is 191 Å². The van der Waals surface area contributed by atoms with Gasteiger partial charge >= 0.3 is 5.97 Å². The van der Waals surface area contributed by atoms with Crippen molar-refractivity contribution in [1.82, 2.24) is 9.62 Å². The van der Waals surface area contributed by atoms with E-state index in [1.165, 1.54) is 18.1 Å². The number of furan rings is 1. The molecule has 0 aliphatic heterocycles. The van der Waals surface area contributed by atoms with Crippen LogP contribution in [0.4, 0.5) is 4.39 Å². The third-order valence-electron chi connectivity index (χ3n) is 4.64. The van der Waals surface area contributed by atoms with Crippen molar-refractivity contribution in [3.8, 4) is 0 Å². The molecule has 33 heavy (non-hydrogen) atoms. The summed E-state index contributed by atoms with van der Waals surface area (Å²) in [6.07, 6.45) is 1.50. The number of carbonyl (C=O) groups is 2. The second kappa shape index (κ2) is 10.9. The summed E-state index contributed by atoms with van der Waals surface area (Å²) in [4.78, 5) is 26.3. The van der Waals surface area contributed by atoms with Gasteiger partial charge in [0.25, 0.3) is 5.91 Å². The molecule has 0 fully saturated rings. The van der Waals surface area contributed by atoms with Crippen molar-refractivity contribution < 1.29 is 31.6 Å². The van der Waals surface area contributed by atoms with Crippen molar-refractivity contribution in [2.75, 3.05) is 6.61 Å². The second-order valence-electron chi connectivity index (χ2n) is 7.22. The quantitative estimate of drug-likeness (QED) is 0.453. The standard InChI is InChI=1S/C23H23FN2O6S/c1-17(25-33(29,30)21-11-9-19(24)10-12-21)23(28)32-16-22(27)26(15-20-8-5-13-31-20)14-18-6-3-2-4-7-18/h2-13,17,25H,14-16H2,1H3. The Hall–Kier alpha value is -3.50. The van der Waals surface area contributed by atoms with Crippen LogP contribution >= 0.6 is 0 Å². The fraction of sp³-hybridized carbons (Fsp3) is 0.217. The molecule has 0 saturated carbocycles. The fourth-order valence-corrected chi connectivity index (χ4v) is 4.13. The summed E-state index contributed by atoms with van der Waals surface area (Å²) in [6.45, 7) is 1.16. The van der Waals surface area contributed by atoms with E-state index in [9.17, 15) is 22.4 Å². The summed E-state index contributed by atoms with van der Waals surface area (Å²) >= 11 is 0. The van der Waals surface area contributed by atoms with Gasteiger partial charge in [-0.15, -0.1) is 0 Å². The Bertz CT molecular complexity index is 1170. The van der Waals surface area contributed by atoms with Gasteiger partial charge in [-0.05, 0) is 48.9 Å². The zero-order valence-electron chi connectivity index (χ0n) is 17.8. The predicted molar refractivity (Wildman–Crippen MR) is 117 cm³/mol. The van der Waals surface area contributed by atoms with E-state index in [0.29, 0.717) is 5.76 Å². The molecule has 0 radical (unpaired) electrons. The van der Waals surface area contributed by atoms with Crippen LogP contribution in [0, 0.1) is 5.82 Å². The van der Waals surface area contributed by atoms with Gasteiger partial charge in [-0.1, -0.05) is 30.3 Å². The van der Waals surface area contributed by atoms with Crippen LogP contribution in [0.25, 0.3) is 0 Å². The van der Waals surface area contributed by atoms with Crippen LogP contribution < -0.4 is 4.72 Å². The molecule has 3 rings (SSSR count). The highest BCUT2D eigenvalue weighted by atomic mass is 32.2. The van der Waals surface area contributed by atoms with Crippen LogP contribution in [0.5, 0.6) is 0 Å². The van der Waals surface area contributed by atoms with Gasteiger partial charge in [-0.3, -0.25) is 9.59 Å². The molecule has 0 saturated heterocycles. The number of halogens is 1. The first kappa shape index (κ1) is 24.1. The minimum atomic E-state index is -4.08. The molecule has 0 aliphatic carbocycles. The van der Waals surface area contributed by atoms with Crippen LogP contribution in [-0.4, -0.2) is 37.8 Å². The van der Waals surface area contributed by atoms with Crippen molar-refractivity contribution in [2.45, 2.75) is 31.0 Å². The third kappa shape index (κ3) is 6.99. The number of hydrogen-bond donors (Lipinski definition) is 1. The number of amides is 1. The first-order chi connectivity index (χ1) is 15.7. The van der Waals surface area contributed by atoms with Gasteiger partial charge in [-0.25, -0.2) is 12.8 Å². The Morgan fingerprint density at radius 3 is 2.36 bits per heavy atom. The second-order valence-corrected chi connectivity index (χ2v) is 8.93. The summed E-state index contributed by atoms with van der Waals surface area (Å²) in [5.74, 6) is -1.43. The molecule has 1 heterocycles. The van der Waals surface area contributed by atoms with Crippen LogP contribution in [0.1, 0.15) is 18.2 Å². The molecule has 1 N–H and O–H groups in total. The maximum atomic E-state index is 13.0. The summed E-state index contributed by atoms with van der Waals surface area (Å²) in [5.41, 5.74) is 0.879. The molecule has 2 aromatic carbocycles. The summed E-state index contributed by atoms with van der Waals surface area (Å²) in [7, 11) is -4.08. The molecule has 8 nitrogen and oxygen atoms in total. The van der Waals surface area contributed by atoms with Gasteiger partial charge in [0, 0.05) is 6.54 Å². The first-order valence-corrected chi connectivity index (χ1v) is 11.5. The molecule has 1 amide bonds. The van der Waals surface area contributed by atoms with Gasteiger partial charge in [-0.2, -0.15) is 4.72 Å². The summed E-state index contributed by atoms with van der Waals surface area (Å²) in [6, 6.07) is 15.6. The van der Waals surface area contributed by atoms with E-state index in [4.69, 9.17) is 9.15 Å². The number of benzene rings is 2. The number of ether oxygens (including phenoxy) is 1. The Kier molecular flexibility index (Phi) is 7.96. The van der Waals surface area contributed by atoms with E-state index >= 15 is 0 Å². The SMILES string of the molecule is CC(NS(=O)(=O)c1ccc(F)cc1)C(=O)OCC(=O)N(Cc1ccccc1)Cc1ccco1. The topological polar surface area (TPSA) is 106 Å². The molecule has 0 aliphatic rings. The van der Waals surface area contributed by atoms with Crippen molar-refractivity contribution in [2.24, 2.45) is 0 Å². The number of sulfonamides is 1. The minimum absolute atomic E-state index is 0.172. The van der Waals surface area contributed by atoms with Gasteiger partial charge in [0.2, 0.25) is 10.0 Å². The molecule has 10 heteroatoms. The predicted octanol–water partition coefficient (Wildman–Crippen LogP) is 2.86. The molecule has 1 atom stereocenters. The van der Waals surface area contributed by atoms with Gasteiger partial charge in [0.1, 0.15) is 17.6 Å². The van der Waals surface area contributed by atoms with E-state index in [0.717, 1.165) is 29.8 Å². The molecule has 1 unspecified atom stereocenters. The Morgan fingerprint density at radius 1 is 1.03 bits per heavy atom. The molecule has 3 aromatic rings. The zero-order chi connectivity index (χ0) is 23.8. The molecule has 0 spiro atoms. The highest BCUT2D eigenvalue weighted by Crippen LogP contribution is 2.13. The van der Waals surface area contributed by atoms with Crippen LogP contribution in [0.2, 0.25) is 0 Å². The lowest BCUT2D eigenvalue weighted by Crippen LogP contribution is -2.41. The van der Waals surface area contributed by atoms with Crippen LogP contribution in [-0.2, 0) is 37.4 Å². The average Bonchev–Trinajstić information content (AvgIpc) is 3.30. The molecular formula is C23H23FN2O6S. The lowest BCUT2D eigenvalue weighted by Gasteiger charge is -2.22. The maximum absolute atomic E-state index is 13.0. The van der Waals surface area contributed by atoms with Gasteiger partial charge in [0.05, 0.1) is 17.7 Å². The van der Waals surface area contributed by atoms with Gasteiger partial charge < -0.3 is 14.1 Å². The normalized spacial score (nSPS) is 12.2. The van der Waals surface area contributed by atoms with Crippen molar-refractivity contribution >= 4 is 21.9 Å². The van der Waals surface area contributed by atoms with Crippen molar-refractivity contribution in [3.05, 3.63) is 90.1 Å². The van der Waals surface area contributed by atoms with E-state index in [2.05, 4.69) is 4.72 Å². The molecular weight excluding hydrogens is 451 g/mol. The lowest BCUT2D eigenvalue weighted by molar-refractivity contribution is -0.153. The summed E-state index contributed by atoms with van der Waals surface area (Å²) in [5, 5.41) is 0. The lowest BCUT2D eigenvalue weighted by atomic mass is 10.2. The Balaban J connectivity index is 1.60. The zero-order valence-corrected chi connectivity index (χ0v) is 18.6. The van der Waals surface area contributed by atoms with E-state index < -0.39 is 40.4 Å². The monoisotopic (exact) mass is 474 g/mol. The van der Waals surface area contributed by atoms with Crippen molar-refractivity contribution in [3.63, 3.8) is 0 Å². The van der Waals surface area contributed by atoms with E-state index in [1.54, 1.807) is 12.1 Å². The van der Waals surface area contributed by atoms with E-state index in [-0.39, 0.29) is 18.0 Å². The maximum Gasteiger partial charge on any atom is 0.324 e. The fourth-order valence-electron chi connectivity index (χ4n) is 2.94. The largest absolute Gasteiger partial charge is 0.467 e. The summed E-state index contributed by atoms with van der Waals surface area (Å²) < 4.78 is 50.3. The number of carbonyl (C=O) groups excluding carboxylic acids is 2. The molecule has 174 valence electrons. The Morgan fingerprint density at radius 2 is 1.73 bits per heavy atom. The van der Waals surface area contributed by atoms with Crippen molar-refractivity contribution in [1.29, 1.82) is 0 Å². The van der Waals surface area contributed by atoms with Crippen LogP contribution in [0.15, 0.2) is 82.3 Å². The number of rotatable bonds is 10. The third-order valence-corrected chi connectivity index (χ3v) is 6.20. The average molecular weight is 475 g/mol. The number of esters is 1. The smallest absolute Gasteiger partial charge is 0.324 e. The number of hydrogen-bond acceptors (Lipinski definition) is 6. The van der Waals surface area contributed by atoms with Gasteiger partial charge in [0.15, 0.2) is 6.61 Å².